The number of benzene rings is 1. The van der Waals surface area contributed by atoms with Gasteiger partial charge in [0.25, 0.3) is 0 Å². The number of aliphatic hydroxyl groups excluding tert-OH is 2. The summed E-state index contributed by atoms with van der Waals surface area (Å²) in [5, 5.41) is 27.6. The Balaban J connectivity index is 1.96. The Morgan fingerprint density at radius 2 is 2.21 bits per heavy atom. The Morgan fingerprint density at radius 3 is 2.95 bits per heavy atom. The van der Waals surface area contributed by atoms with Gasteiger partial charge in [0.2, 0.25) is 0 Å². The summed E-state index contributed by atoms with van der Waals surface area (Å²) in [6, 6.07) is 4.99. The predicted molar refractivity (Wildman–Crippen MR) is 68.0 cm³/mol. The average molecular weight is 266 g/mol. The molecule has 2 atom stereocenters. The topological polar surface area (TPSA) is 87.0 Å². The van der Waals surface area contributed by atoms with Gasteiger partial charge in [0.1, 0.15) is 17.4 Å². The van der Waals surface area contributed by atoms with Crippen molar-refractivity contribution in [3.63, 3.8) is 0 Å². The number of ether oxygens (including phenoxy) is 1. The fraction of sp³-hybridized carbons (Fsp3) is 0.500. The fourth-order valence-corrected chi connectivity index (χ4v) is 2.32. The lowest BCUT2D eigenvalue weighted by Crippen LogP contribution is -2.28. The third-order valence-corrected chi connectivity index (χ3v) is 3.33. The first-order valence-electron chi connectivity index (χ1n) is 6.42. The Morgan fingerprint density at radius 1 is 1.42 bits per heavy atom. The van der Waals surface area contributed by atoms with Gasteiger partial charge in [-0.1, -0.05) is 12.1 Å². The molecule has 0 aliphatic carbocycles. The number of hydrogen-bond acceptors (Lipinski definition) is 5. The molecule has 5 nitrogen and oxygen atoms in total. The largest absolute Gasteiger partial charge is 0.507 e. The van der Waals surface area contributed by atoms with E-state index in [1.165, 1.54) is 6.07 Å². The molecule has 0 saturated heterocycles. The fourth-order valence-electron chi connectivity index (χ4n) is 2.32. The van der Waals surface area contributed by atoms with E-state index in [1.807, 2.05) is 6.07 Å². The highest BCUT2D eigenvalue weighted by Gasteiger charge is 2.28. The zero-order valence-electron chi connectivity index (χ0n) is 10.6. The summed E-state index contributed by atoms with van der Waals surface area (Å²) in [7, 11) is 0. The molecule has 3 N–H and O–H groups in total. The molecule has 1 aliphatic heterocycles. The van der Waals surface area contributed by atoms with Gasteiger partial charge in [0, 0.05) is 6.42 Å². The minimum absolute atomic E-state index is 0.0448. The minimum atomic E-state index is -0.712. The number of fused-ring (bicyclic) bond motifs is 1. The second-order valence-corrected chi connectivity index (χ2v) is 4.81. The third-order valence-electron chi connectivity index (χ3n) is 3.33. The van der Waals surface area contributed by atoms with Crippen LogP contribution in [0.15, 0.2) is 18.2 Å². The van der Waals surface area contributed by atoms with Crippen LogP contribution in [0.2, 0.25) is 0 Å². The van der Waals surface area contributed by atoms with Crippen LogP contribution in [0.1, 0.15) is 35.2 Å². The lowest BCUT2D eigenvalue weighted by Gasteiger charge is -2.25. The predicted octanol–water partition coefficient (Wildman–Crippen LogP) is 0.997. The summed E-state index contributed by atoms with van der Waals surface area (Å²) < 4.78 is 5.27. The number of hydrogen-bond donors (Lipinski definition) is 3. The van der Waals surface area contributed by atoms with E-state index in [9.17, 15) is 15.0 Å². The maximum atomic E-state index is 11.8. The standard InChI is InChI=1S/C14H18O5/c15-8-10(16)4-2-5-11-7-9-3-1-6-12(17)13(9)14(18)19-11/h1,3,6,10-11,15-17H,2,4-5,7-8H2. The van der Waals surface area contributed by atoms with Crippen LogP contribution in [0.25, 0.3) is 0 Å². The van der Waals surface area contributed by atoms with E-state index in [4.69, 9.17) is 9.84 Å². The maximum Gasteiger partial charge on any atom is 0.342 e. The summed E-state index contributed by atoms with van der Waals surface area (Å²) in [6.07, 6.45) is 1.43. The van der Waals surface area contributed by atoms with Gasteiger partial charge >= 0.3 is 5.97 Å². The number of aliphatic hydroxyl groups is 2. The molecular weight excluding hydrogens is 248 g/mol. The van der Waals surface area contributed by atoms with Crippen LogP contribution in [0.4, 0.5) is 0 Å². The lowest BCUT2D eigenvalue weighted by atomic mass is 9.95. The minimum Gasteiger partial charge on any atom is -0.507 e. The van der Waals surface area contributed by atoms with Crippen molar-refractivity contribution in [2.24, 2.45) is 0 Å². The van der Waals surface area contributed by atoms with Gasteiger partial charge in [0.15, 0.2) is 0 Å². The highest BCUT2D eigenvalue weighted by atomic mass is 16.5. The normalized spacial score (nSPS) is 19.7. The summed E-state index contributed by atoms with van der Waals surface area (Å²) in [5.74, 6) is -0.538. The molecule has 0 amide bonds. The van der Waals surface area contributed by atoms with Crippen molar-refractivity contribution < 1.29 is 24.9 Å². The van der Waals surface area contributed by atoms with Gasteiger partial charge in [-0.2, -0.15) is 0 Å². The van der Waals surface area contributed by atoms with E-state index < -0.39 is 12.1 Å². The van der Waals surface area contributed by atoms with E-state index in [0.717, 1.165) is 5.56 Å². The first-order chi connectivity index (χ1) is 9.11. The Bertz CT molecular complexity index is 457. The monoisotopic (exact) mass is 266 g/mol. The van der Waals surface area contributed by atoms with Crippen LogP contribution < -0.4 is 0 Å². The quantitative estimate of drug-likeness (QED) is 0.692. The highest BCUT2D eigenvalue weighted by molar-refractivity contribution is 5.95. The molecule has 2 rings (SSSR count). The molecule has 0 bridgehead atoms. The molecule has 0 saturated carbocycles. The van der Waals surface area contributed by atoms with Crippen LogP contribution in [0.3, 0.4) is 0 Å². The number of aromatic hydroxyl groups is 1. The molecule has 1 aliphatic rings. The van der Waals surface area contributed by atoms with Gasteiger partial charge in [-0.3, -0.25) is 0 Å². The van der Waals surface area contributed by atoms with E-state index in [1.54, 1.807) is 6.07 Å². The van der Waals surface area contributed by atoms with Crippen LogP contribution in [0, 0.1) is 0 Å². The van der Waals surface area contributed by atoms with Crippen molar-refractivity contribution in [2.45, 2.75) is 37.9 Å². The van der Waals surface area contributed by atoms with Crippen molar-refractivity contribution in [3.8, 4) is 5.75 Å². The number of rotatable bonds is 5. The van der Waals surface area contributed by atoms with Gasteiger partial charge < -0.3 is 20.1 Å². The molecule has 0 spiro atoms. The molecule has 2 unspecified atom stereocenters. The van der Waals surface area contributed by atoms with Crippen molar-refractivity contribution >= 4 is 5.97 Å². The van der Waals surface area contributed by atoms with E-state index in [0.29, 0.717) is 25.7 Å². The smallest absolute Gasteiger partial charge is 0.342 e. The van der Waals surface area contributed by atoms with Crippen molar-refractivity contribution in [1.29, 1.82) is 0 Å². The Labute approximate surface area is 111 Å². The molecule has 1 aromatic rings. The van der Waals surface area contributed by atoms with Crippen molar-refractivity contribution in [3.05, 3.63) is 29.3 Å². The summed E-state index contributed by atoms with van der Waals surface area (Å²) in [6.45, 7) is -0.249. The first kappa shape index (κ1) is 13.8. The third kappa shape index (κ3) is 3.24. The number of phenols is 1. The number of esters is 1. The molecule has 5 heteroatoms. The highest BCUT2D eigenvalue weighted by Crippen LogP contribution is 2.29. The first-order valence-corrected chi connectivity index (χ1v) is 6.42. The average Bonchev–Trinajstić information content (AvgIpc) is 2.38. The van der Waals surface area contributed by atoms with E-state index >= 15 is 0 Å². The molecule has 0 aromatic heterocycles. The van der Waals surface area contributed by atoms with E-state index in [2.05, 4.69) is 0 Å². The van der Waals surface area contributed by atoms with Gasteiger partial charge in [-0.25, -0.2) is 4.79 Å². The molecule has 0 radical (unpaired) electrons. The number of phenolic OH excluding ortho intramolecular Hbond substituents is 1. The SMILES string of the molecule is O=C1OC(CCCC(O)CO)Cc2cccc(O)c21. The van der Waals surface area contributed by atoms with Crippen LogP contribution in [0.5, 0.6) is 5.75 Å². The van der Waals surface area contributed by atoms with Gasteiger partial charge in [-0.15, -0.1) is 0 Å². The second-order valence-electron chi connectivity index (χ2n) is 4.81. The van der Waals surface area contributed by atoms with Crippen molar-refractivity contribution in [1.82, 2.24) is 0 Å². The van der Waals surface area contributed by atoms with Crippen molar-refractivity contribution in [2.75, 3.05) is 6.61 Å². The van der Waals surface area contributed by atoms with Gasteiger partial charge in [0.05, 0.1) is 12.7 Å². The second kappa shape index (κ2) is 6.04. The summed E-state index contributed by atoms with van der Waals surface area (Å²) in [5.41, 5.74) is 1.05. The molecule has 1 heterocycles. The Hall–Kier alpha value is -1.59. The number of carbonyl (C=O) groups excluding carboxylic acids is 1. The molecule has 104 valence electrons. The zero-order chi connectivity index (χ0) is 13.8. The molecule has 0 fully saturated rings. The maximum absolute atomic E-state index is 11.8. The molecule has 19 heavy (non-hydrogen) atoms. The van der Waals surface area contributed by atoms with Crippen LogP contribution in [-0.4, -0.2) is 40.1 Å². The van der Waals surface area contributed by atoms with Crippen LogP contribution in [-0.2, 0) is 11.2 Å². The van der Waals surface area contributed by atoms with Crippen LogP contribution >= 0.6 is 0 Å². The Kier molecular flexibility index (Phi) is 4.39. The number of carbonyl (C=O) groups is 1. The number of cyclic esters (lactones) is 1. The molecular formula is C14H18O5. The lowest BCUT2D eigenvalue weighted by molar-refractivity contribution is 0.0209. The summed E-state index contributed by atoms with van der Waals surface area (Å²) >= 11 is 0. The molecule has 1 aromatic carbocycles. The van der Waals surface area contributed by atoms with Gasteiger partial charge in [-0.05, 0) is 30.9 Å². The summed E-state index contributed by atoms with van der Waals surface area (Å²) in [4.78, 5) is 11.8. The van der Waals surface area contributed by atoms with E-state index in [-0.39, 0.29) is 24.0 Å². The zero-order valence-corrected chi connectivity index (χ0v) is 10.6.